The van der Waals surface area contributed by atoms with Crippen LogP contribution in [0.4, 0.5) is 0 Å². The van der Waals surface area contributed by atoms with Gasteiger partial charge in [0.05, 0.1) is 11.0 Å². The molecule has 1 aliphatic heterocycles. The number of hydrogen-bond donors (Lipinski definition) is 1. The summed E-state index contributed by atoms with van der Waals surface area (Å²) in [6.07, 6.45) is 21.4. The number of hydrogen-bond acceptors (Lipinski definition) is 6. The lowest BCUT2D eigenvalue weighted by Crippen LogP contribution is -2.51. The van der Waals surface area contributed by atoms with E-state index in [9.17, 15) is 19.2 Å². The molecule has 5 rings (SSSR count). The van der Waals surface area contributed by atoms with E-state index in [0.29, 0.717) is 50.2 Å². The van der Waals surface area contributed by atoms with E-state index >= 15 is 0 Å². The van der Waals surface area contributed by atoms with Crippen molar-refractivity contribution >= 4 is 23.7 Å². The van der Waals surface area contributed by atoms with E-state index in [2.05, 4.69) is 52.9 Å². The molecule has 310 valence electrons. The Morgan fingerprint density at radius 3 is 2.38 bits per heavy atom. The molecule has 0 radical (unpaired) electrons. The number of nitrogens with zero attached hydrogens (tertiary/aromatic N) is 1. The molecule has 0 aromatic rings. The van der Waals surface area contributed by atoms with Crippen molar-refractivity contribution in [1.82, 2.24) is 10.2 Å². The zero-order valence-corrected chi connectivity index (χ0v) is 36.1. The Bertz CT molecular complexity index is 1430. The summed E-state index contributed by atoms with van der Waals surface area (Å²) < 4.78 is 12.8. The number of allylic oxidation sites excluding steroid dienone is 2. The van der Waals surface area contributed by atoms with Crippen molar-refractivity contribution < 1.29 is 28.7 Å². The SMILES string of the molecule is CCC(C)(CCOC(C)(C)CCNC(=O)CCCN1C(=O)C=CC1=O)C(=O)OC1CCC2=CCC3C(CCC4(C)C(C(C)CCCC(C)C)CCC34)C2(C)C1. The molecule has 0 aromatic heterocycles. The van der Waals surface area contributed by atoms with Crippen LogP contribution in [0.15, 0.2) is 23.8 Å². The van der Waals surface area contributed by atoms with Crippen LogP contribution in [-0.4, -0.2) is 60.0 Å². The van der Waals surface area contributed by atoms with Gasteiger partial charge in [-0.1, -0.05) is 72.5 Å². The second-order valence-corrected chi connectivity index (χ2v) is 20.2. The zero-order valence-electron chi connectivity index (χ0n) is 36.1. The normalized spacial score (nSPS) is 32.1. The number of carbonyl (C=O) groups excluding carboxylic acids is 4. The summed E-state index contributed by atoms with van der Waals surface area (Å²) in [6, 6.07) is 0. The molecule has 0 spiro atoms. The van der Waals surface area contributed by atoms with Crippen LogP contribution in [0, 0.1) is 51.8 Å². The van der Waals surface area contributed by atoms with Crippen molar-refractivity contribution in [3.8, 4) is 0 Å². The van der Waals surface area contributed by atoms with Crippen molar-refractivity contribution in [2.45, 2.75) is 177 Å². The highest BCUT2D eigenvalue weighted by molar-refractivity contribution is 6.12. The predicted octanol–water partition coefficient (Wildman–Crippen LogP) is 9.75. The van der Waals surface area contributed by atoms with Crippen LogP contribution in [-0.2, 0) is 28.7 Å². The van der Waals surface area contributed by atoms with Crippen molar-refractivity contribution in [2.75, 3.05) is 19.7 Å². The minimum absolute atomic E-state index is 0.0427. The summed E-state index contributed by atoms with van der Waals surface area (Å²) in [5.74, 6) is 3.86. The molecule has 3 amide bonds. The maximum atomic E-state index is 13.9. The molecule has 3 fully saturated rings. The first-order valence-corrected chi connectivity index (χ1v) is 22.3. The van der Waals surface area contributed by atoms with Gasteiger partial charge in [-0.25, -0.2) is 0 Å². The van der Waals surface area contributed by atoms with Gasteiger partial charge in [-0.15, -0.1) is 0 Å². The molecule has 9 unspecified atom stereocenters. The summed E-state index contributed by atoms with van der Waals surface area (Å²) in [4.78, 5) is 50.9. The van der Waals surface area contributed by atoms with Crippen molar-refractivity contribution in [3.63, 3.8) is 0 Å². The number of fused-ring (bicyclic) bond motifs is 5. The first-order chi connectivity index (χ1) is 25.9. The average Bonchev–Trinajstić information content (AvgIpc) is 3.64. The second kappa shape index (κ2) is 18.0. The molecule has 8 heteroatoms. The zero-order chi connectivity index (χ0) is 40.2. The summed E-state index contributed by atoms with van der Waals surface area (Å²) in [6.45, 7) is 21.7. The number of ether oxygens (including phenoxy) is 2. The number of imide groups is 1. The summed E-state index contributed by atoms with van der Waals surface area (Å²) in [5, 5.41) is 2.94. The van der Waals surface area contributed by atoms with Crippen molar-refractivity contribution in [2.24, 2.45) is 51.8 Å². The van der Waals surface area contributed by atoms with Crippen molar-refractivity contribution in [1.29, 1.82) is 0 Å². The fourth-order valence-electron chi connectivity index (χ4n) is 11.8. The van der Waals surface area contributed by atoms with Gasteiger partial charge in [0.15, 0.2) is 0 Å². The molecule has 5 aliphatic rings. The van der Waals surface area contributed by atoms with Crippen LogP contribution < -0.4 is 5.32 Å². The lowest BCUT2D eigenvalue weighted by atomic mass is 9.47. The third kappa shape index (κ3) is 9.98. The quantitative estimate of drug-likeness (QED) is 0.0799. The fourth-order valence-corrected chi connectivity index (χ4v) is 11.8. The minimum Gasteiger partial charge on any atom is -0.462 e. The van der Waals surface area contributed by atoms with Gasteiger partial charge >= 0.3 is 5.97 Å². The monoisotopic (exact) mass is 765 g/mol. The fraction of sp³-hybridized carbons (Fsp3) is 0.830. The third-order valence-electron chi connectivity index (χ3n) is 15.6. The van der Waals surface area contributed by atoms with E-state index in [0.717, 1.165) is 53.8 Å². The van der Waals surface area contributed by atoms with E-state index in [1.54, 1.807) is 5.57 Å². The molecule has 55 heavy (non-hydrogen) atoms. The van der Waals surface area contributed by atoms with Gasteiger partial charge in [-0.05, 0) is 144 Å². The number of rotatable bonds is 19. The van der Waals surface area contributed by atoms with Crippen LogP contribution in [0.25, 0.3) is 0 Å². The molecule has 1 N–H and O–H groups in total. The Balaban J connectivity index is 1.07. The van der Waals surface area contributed by atoms with E-state index in [1.807, 2.05) is 20.8 Å². The maximum absolute atomic E-state index is 13.9. The summed E-state index contributed by atoms with van der Waals surface area (Å²) >= 11 is 0. The molecule has 0 bridgehead atoms. The van der Waals surface area contributed by atoms with E-state index in [1.165, 1.54) is 63.5 Å². The van der Waals surface area contributed by atoms with E-state index in [4.69, 9.17) is 9.47 Å². The summed E-state index contributed by atoms with van der Waals surface area (Å²) in [5.41, 5.74) is 1.11. The molecular formula is C47H76N2O6. The Morgan fingerprint density at radius 1 is 0.964 bits per heavy atom. The van der Waals surface area contributed by atoms with Gasteiger partial charge in [0.25, 0.3) is 11.8 Å². The first kappa shape index (κ1) is 43.6. The van der Waals surface area contributed by atoms with Crippen LogP contribution in [0.5, 0.6) is 0 Å². The van der Waals surface area contributed by atoms with E-state index < -0.39 is 11.0 Å². The number of carbonyl (C=O) groups is 4. The smallest absolute Gasteiger partial charge is 0.312 e. The molecule has 1 heterocycles. The Kier molecular flexibility index (Phi) is 14.3. The van der Waals surface area contributed by atoms with Crippen molar-refractivity contribution in [3.05, 3.63) is 23.8 Å². The molecule has 0 aromatic carbocycles. The van der Waals surface area contributed by atoms with Gasteiger partial charge in [0.1, 0.15) is 6.10 Å². The first-order valence-electron chi connectivity index (χ1n) is 22.3. The lowest BCUT2D eigenvalue weighted by molar-refractivity contribution is -0.167. The highest BCUT2D eigenvalue weighted by Crippen LogP contribution is 2.67. The van der Waals surface area contributed by atoms with Gasteiger partial charge in [-0.2, -0.15) is 0 Å². The second-order valence-electron chi connectivity index (χ2n) is 20.2. The number of esters is 1. The van der Waals surface area contributed by atoms with Crippen LogP contribution >= 0.6 is 0 Å². The van der Waals surface area contributed by atoms with Gasteiger partial charge in [-0.3, -0.25) is 24.1 Å². The number of nitrogens with one attached hydrogen (secondary N) is 1. The van der Waals surface area contributed by atoms with Gasteiger partial charge in [0.2, 0.25) is 5.91 Å². The molecule has 9 atom stereocenters. The molecule has 4 aliphatic carbocycles. The highest BCUT2D eigenvalue weighted by Gasteiger charge is 2.59. The van der Waals surface area contributed by atoms with Gasteiger partial charge < -0.3 is 14.8 Å². The molecule has 0 saturated heterocycles. The Hall–Kier alpha value is -2.48. The largest absolute Gasteiger partial charge is 0.462 e. The van der Waals surface area contributed by atoms with Crippen LogP contribution in [0.3, 0.4) is 0 Å². The molecule has 3 saturated carbocycles. The van der Waals surface area contributed by atoms with E-state index in [-0.39, 0.29) is 48.2 Å². The average molecular weight is 765 g/mol. The Labute approximate surface area is 333 Å². The highest BCUT2D eigenvalue weighted by atomic mass is 16.5. The van der Waals surface area contributed by atoms with Crippen LogP contribution in [0.2, 0.25) is 0 Å². The predicted molar refractivity (Wildman–Crippen MR) is 219 cm³/mol. The molecular weight excluding hydrogens is 689 g/mol. The molecule has 8 nitrogen and oxygen atoms in total. The maximum Gasteiger partial charge on any atom is 0.312 e. The number of amides is 3. The topological polar surface area (TPSA) is 102 Å². The van der Waals surface area contributed by atoms with Gasteiger partial charge in [0, 0.05) is 38.3 Å². The standard InChI is InChI=1S/C47H76N2O6/c1-10-45(7,27-30-54-44(5,6)26-28-48-40(50)15-12-29-49-41(51)22-23-42(49)52)43(53)55-35-18-16-34-17-19-36-38-21-20-37(33(4)14-11-13-32(2)3)46(38,8)25-24-39(36)47(34,9)31-35/h17,22-23,32-33,35-39H,10-16,18-21,24-31H2,1-9H3,(H,48,50). The third-order valence-corrected chi connectivity index (χ3v) is 15.6. The Morgan fingerprint density at radius 2 is 1.69 bits per heavy atom. The lowest BCUT2D eigenvalue weighted by Gasteiger charge is -2.58. The minimum atomic E-state index is -0.624. The van der Waals surface area contributed by atoms with Crippen LogP contribution in [0.1, 0.15) is 165 Å². The summed E-state index contributed by atoms with van der Waals surface area (Å²) in [7, 11) is 0.